The first-order valence-corrected chi connectivity index (χ1v) is 9.50. The van der Waals surface area contributed by atoms with E-state index < -0.39 is 11.9 Å². The largest absolute Gasteiger partial charge is 0.340 e. The maximum atomic E-state index is 13.0. The Bertz CT molecular complexity index is 1030. The van der Waals surface area contributed by atoms with E-state index in [4.69, 9.17) is 16.1 Å². The van der Waals surface area contributed by atoms with E-state index in [1.54, 1.807) is 49.4 Å². The molecule has 1 unspecified atom stereocenters. The molecular weight excluding hydrogens is 392 g/mol. The summed E-state index contributed by atoms with van der Waals surface area (Å²) in [7, 11) is 0. The second-order valence-electron chi connectivity index (χ2n) is 6.85. The van der Waals surface area contributed by atoms with Gasteiger partial charge in [-0.1, -0.05) is 54.9 Å². The normalized spacial score (nSPS) is 11.9. The second-order valence-corrected chi connectivity index (χ2v) is 7.25. The van der Waals surface area contributed by atoms with Crippen molar-refractivity contribution < 1.29 is 14.1 Å². The lowest BCUT2D eigenvalue weighted by atomic mass is 10.0. The van der Waals surface area contributed by atoms with Gasteiger partial charge in [-0.3, -0.25) is 9.59 Å². The molecule has 1 aromatic heterocycles. The fraction of sp³-hybridized carbons (Fsp3) is 0.238. The van der Waals surface area contributed by atoms with Gasteiger partial charge in [0.2, 0.25) is 17.6 Å². The summed E-state index contributed by atoms with van der Waals surface area (Å²) in [6, 6.07) is 13.1. The van der Waals surface area contributed by atoms with Gasteiger partial charge in [-0.25, -0.2) is 0 Å². The monoisotopic (exact) mass is 412 g/mol. The van der Waals surface area contributed by atoms with E-state index in [1.165, 1.54) is 0 Å². The number of rotatable bonds is 6. The van der Waals surface area contributed by atoms with E-state index in [-0.39, 0.29) is 11.8 Å². The van der Waals surface area contributed by atoms with Gasteiger partial charge in [-0.05, 0) is 30.2 Å². The van der Waals surface area contributed by atoms with Gasteiger partial charge in [-0.15, -0.1) is 0 Å². The number of nitrogens with zero attached hydrogens (tertiary/aromatic N) is 2. The summed E-state index contributed by atoms with van der Waals surface area (Å²) in [5.74, 6) is -0.117. The van der Waals surface area contributed by atoms with E-state index in [0.717, 1.165) is 0 Å². The minimum Gasteiger partial charge on any atom is -0.340 e. The summed E-state index contributed by atoms with van der Waals surface area (Å²) in [6.07, 6.45) is 0. The number of aromatic nitrogens is 2. The van der Waals surface area contributed by atoms with Gasteiger partial charge in [-0.2, -0.15) is 4.98 Å². The number of anilines is 1. The molecule has 0 bridgehead atoms. The quantitative estimate of drug-likeness (QED) is 0.635. The molecular formula is C21H21ClN4O3. The number of hydrogen-bond acceptors (Lipinski definition) is 5. The number of amides is 2. The van der Waals surface area contributed by atoms with Crippen LogP contribution >= 0.6 is 11.6 Å². The number of benzene rings is 2. The average molecular weight is 413 g/mol. The van der Waals surface area contributed by atoms with Crippen molar-refractivity contribution in [3.8, 4) is 11.4 Å². The van der Waals surface area contributed by atoms with E-state index in [0.29, 0.717) is 33.6 Å². The van der Waals surface area contributed by atoms with Gasteiger partial charge >= 0.3 is 0 Å². The molecule has 0 radical (unpaired) electrons. The van der Waals surface area contributed by atoms with E-state index in [9.17, 15) is 9.59 Å². The van der Waals surface area contributed by atoms with Gasteiger partial charge in [0.05, 0.1) is 16.3 Å². The van der Waals surface area contributed by atoms with Crippen molar-refractivity contribution in [3.63, 3.8) is 0 Å². The van der Waals surface area contributed by atoms with Crippen molar-refractivity contribution in [3.05, 3.63) is 65.0 Å². The molecule has 3 rings (SSSR count). The first-order chi connectivity index (χ1) is 13.9. The maximum absolute atomic E-state index is 13.0. The van der Waals surface area contributed by atoms with Crippen LogP contribution in [0.2, 0.25) is 5.02 Å². The molecule has 0 fully saturated rings. The Morgan fingerprint density at radius 3 is 2.41 bits per heavy atom. The summed E-state index contributed by atoms with van der Waals surface area (Å²) in [5.41, 5.74) is 1.46. The number of nitrogens with one attached hydrogen (secondary N) is 2. The number of halogens is 1. The molecule has 0 aliphatic heterocycles. The highest BCUT2D eigenvalue weighted by atomic mass is 35.5. The van der Waals surface area contributed by atoms with Crippen molar-refractivity contribution in [1.82, 2.24) is 15.5 Å². The minimum atomic E-state index is -0.765. The van der Waals surface area contributed by atoms with Crippen molar-refractivity contribution >= 4 is 29.1 Å². The molecule has 0 spiro atoms. The highest BCUT2D eigenvalue weighted by molar-refractivity contribution is 6.33. The second kappa shape index (κ2) is 8.87. The number of hydrogen-bond donors (Lipinski definition) is 2. The van der Waals surface area contributed by atoms with Crippen LogP contribution in [0.5, 0.6) is 0 Å². The standard InChI is InChI=1S/C21H21ClN4O3/c1-12(2)18(25-20(27)14-8-4-6-10-16(14)22)21(28)24-17-11-7-5-9-15(17)19-23-13(3)29-26-19/h4-12,18H,1-3H3,(H,24,28)(H,25,27). The van der Waals surface area contributed by atoms with Gasteiger partial charge in [0.15, 0.2) is 0 Å². The van der Waals surface area contributed by atoms with Crippen molar-refractivity contribution in [2.45, 2.75) is 26.8 Å². The molecule has 150 valence electrons. The van der Waals surface area contributed by atoms with Crippen LogP contribution in [0.3, 0.4) is 0 Å². The van der Waals surface area contributed by atoms with Crippen LogP contribution in [0.25, 0.3) is 11.4 Å². The Morgan fingerprint density at radius 2 is 1.76 bits per heavy atom. The number of para-hydroxylation sites is 1. The molecule has 2 N–H and O–H groups in total. The van der Waals surface area contributed by atoms with Crippen LogP contribution < -0.4 is 10.6 Å². The fourth-order valence-electron chi connectivity index (χ4n) is 2.81. The van der Waals surface area contributed by atoms with Crippen LogP contribution in [0.4, 0.5) is 5.69 Å². The van der Waals surface area contributed by atoms with Crippen LogP contribution in [-0.4, -0.2) is 28.0 Å². The predicted octanol–water partition coefficient (Wildman–Crippen LogP) is 4.09. The maximum Gasteiger partial charge on any atom is 0.253 e. The van der Waals surface area contributed by atoms with E-state index in [1.807, 2.05) is 19.9 Å². The molecule has 8 heteroatoms. The van der Waals surface area contributed by atoms with E-state index >= 15 is 0 Å². The number of carbonyl (C=O) groups is 2. The molecule has 3 aromatic rings. The first-order valence-electron chi connectivity index (χ1n) is 9.12. The Hall–Kier alpha value is -3.19. The van der Waals surface area contributed by atoms with E-state index in [2.05, 4.69) is 20.8 Å². The highest BCUT2D eigenvalue weighted by Gasteiger charge is 2.26. The highest BCUT2D eigenvalue weighted by Crippen LogP contribution is 2.26. The van der Waals surface area contributed by atoms with Crippen LogP contribution in [0.1, 0.15) is 30.1 Å². The Morgan fingerprint density at radius 1 is 1.07 bits per heavy atom. The predicted molar refractivity (Wildman–Crippen MR) is 111 cm³/mol. The summed E-state index contributed by atoms with van der Waals surface area (Å²) < 4.78 is 5.03. The molecule has 0 aliphatic rings. The lowest BCUT2D eigenvalue weighted by molar-refractivity contribution is -0.118. The van der Waals surface area contributed by atoms with Gasteiger partial charge in [0, 0.05) is 12.5 Å². The Balaban J connectivity index is 1.81. The topological polar surface area (TPSA) is 97.1 Å². The first kappa shape index (κ1) is 20.5. The molecule has 2 aromatic carbocycles. The molecule has 7 nitrogen and oxygen atoms in total. The van der Waals surface area contributed by atoms with Crippen LogP contribution in [0, 0.1) is 12.8 Å². The lowest BCUT2D eigenvalue weighted by Gasteiger charge is -2.22. The average Bonchev–Trinajstić information content (AvgIpc) is 3.12. The zero-order valence-corrected chi connectivity index (χ0v) is 17.0. The lowest BCUT2D eigenvalue weighted by Crippen LogP contribution is -2.47. The minimum absolute atomic E-state index is 0.152. The van der Waals surface area contributed by atoms with Gasteiger partial charge < -0.3 is 15.2 Å². The zero-order chi connectivity index (χ0) is 21.0. The molecule has 2 amide bonds. The van der Waals surface area contributed by atoms with Crippen molar-refractivity contribution in [2.24, 2.45) is 5.92 Å². The molecule has 29 heavy (non-hydrogen) atoms. The molecule has 1 heterocycles. The third-order valence-corrected chi connectivity index (χ3v) is 4.64. The molecule has 0 aliphatic carbocycles. The summed E-state index contributed by atoms with van der Waals surface area (Å²) in [5, 5.41) is 9.87. The van der Waals surface area contributed by atoms with Crippen LogP contribution in [-0.2, 0) is 4.79 Å². The van der Waals surface area contributed by atoms with Crippen molar-refractivity contribution in [1.29, 1.82) is 0 Å². The van der Waals surface area contributed by atoms with Gasteiger partial charge in [0.1, 0.15) is 6.04 Å². The van der Waals surface area contributed by atoms with Gasteiger partial charge in [0.25, 0.3) is 5.91 Å². The summed E-state index contributed by atoms with van der Waals surface area (Å²) in [6.45, 7) is 5.40. The fourth-order valence-corrected chi connectivity index (χ4v) is 3.03. The Labute approximate surface area is 173 Å². The smallest absolute Gasteiger partial charge is 0.253 e. The summed E-state index contributed by atoms with van der Waals surface area (Å²) in [4.78, 5) is 29.8. The molecule has 0 saturated carbocycles. The zero-order valence-electron chi connectivity index (χ0n) is 16.3. The third kappa shape index (κ3) is 4.81. The SMILES string of the molecule is Cc1nc(-c2ccccc2NC(=O)C(NC(=O)c2ccccc2Cl)C(C)C)no1. The Kier molecular flexibility index (Phi) is 6.29. The van der Waals surface area contributed by atoms with Crippen molar-refractivity contribution in [2.75, 3.05) is 5.32 Å². The molecule has 1 atom stereocenters. The summed E-state index contributed by atoms with van der Waals surface area (Å²) >= 11 is 6.10. The molecule has 0 saturated heterocycles. The number of aryl methyl sites for hydroxylation is 1. The third-order valence-electron chi connectivity index (χ3n) is 4.31. The van der Waals surface area contributed by atoms with Crippen LogP contribution in [0.15, 0.2) is 53.1 Å². The number of carbonyl (C=O) groups excluding carboxylic acids is 2.